The van der Waals surface area contributed by atoms with E-state index in [1.165, 1.54) is 16.9 Å². The maximum Gasteiger partial charge on any atom is 0.250 e. The number of rotatable bonds is 3. The summed E-state index contributed by atoms with van der Waals surface area (Å²) in [6, 6.07) is 13.8. The average Bonchev–Trinajstić information content (AvgIpc) is 3.21. The van der Waals surface area contributed by atoms with E-state index in [4.69, 9.17) is 0 Å². The Labute approximate surface area is 137 Å². The first-order valence-electron chi connectivity index (χ1n) is 7.63. The van der Waals surface area contributed by atoms with Crippen molar-refractivity contribution in [2.24, 2.45) is 0 Å². The third kappa shape index (κ3) is 2.64. The van der Waals surface area contributed by atoms with Gasteiger partial charge in [-0.25, -0.2) is 4.39 Å². The summed E-state index contributed by atoms with van der Waals surface area (Å²) in [5.74, 6) is -0.166. The SMILES string of the molecule is O=C(Cn1nnc(-c2cccc(F)c2)n1)N1CCc2ccccc21. The zero-order chi connectivity index (χ0) is 16.5. The molecule has 0 spiro atoms. The number of aromatic nitrogens is 4. The van der Waals surface area contributed by atoms with Crippen LogP contribution in [-0.4, -0.2) is 32.7 Å². The van der Waals surface area contributed by atoms with E-state index in [0.717, 1.165) is 17.7 Å². The second kappa shape index (κ2) is 5.84. The zero-order valence-corrected chi connectivity index (χ0v) is 12.8. The molecule has 1 aromatic heterocycles. The Balaban J connectivity index is 1.52. The third-order valence-electron chi connectivity index (χ3n) is 4.00. The fourth-order valence-electron chi connectivity index (χ4n) is 2.86. The summed E-state index contributed by atoms with van der Waals surface area (Å²) in [6.45, 7) is 0.653. The molecule has 7 heteroatoms. The van der Waals surface area contributed by atoms with Gasteiger partial charge < -0.3 is 4.90 Å². The lowest BCUT2D eigenvalue weighted by Crippen LogP contribution is -2.32. The molecule has 0 N–H and O–H groups in total. The number of benzene rings is 2. The van der Waals surface area contributed by atoms with E-state index in [0.29, 0.717) is 17.9 Å². The number of nitrogens with zero attached hydrogens (tertiary/aromatic N) is 5. The second-order valence-corrected chi connectivity index (χ2v) is 5.58. The van der Waals surface area contributed by atoms with Crippen LogP contribution in [0.3, 0.4) is 0 Å². The van der Waals surface area contributed by atoms with Gasteiger partial charge in [-0.05, 0) is 35.4 Å². The highest BCUT2D eigenvalue weighted by Crippen LogP contribution is 2.27. The number of fused-ring (bicyclic) bond motifs is 1. The van der Waals surface area contributed by atoms with Crippen molar-refractivity contribution in [2.45, 2.75) is 13.0 Å². The Hall–Kier alpha value is -3.09. The summed E-state index contributed by atoms with van der Waals surface area (Å²) in [7, 11) is 0. The molecule has 0 saturated carbocycles. The van der Waals surface area contributed by atoms with Gasteiger partial charge in [0.15, 0.2) is 0 Å². The molecule has 0 fully saturated rings. The maximum atomic E-state index is 13.3. The van der Waals surface area contributed by atoms with Gasteiger partial charge in [0, 0.05) is 17.8 Å². The van der Waals surface area contributed by atoms with Crippen molar-refractivity contribution in [1.82, 2.24) is 20.2 Å². The Bertz CT molecular complexity index is 907. The third-order valence-corrected chi connectivity index (χ3v) is 4.00. The van der Waals surface area contributed by atoms with Gasteiger partial charge >= 0.3 is 0 Å². The van der Waals surface area contributed by atoms with E-state index in [1.54, 1.807) is 17.0 Å². The van der Waals surface area contributed by atoms with Gasteiger partial charge in [-0.3, -0.25) is 4.79 Å². The lowest BCUT2D eigenvalue weighted by atomic mass is 10.2. The number of tetrazole rings is 1. The lowest BCUT2D eigenvalue weighted by molar-refractivity contribution is -0.119. The van der Waals surface area contributed by atoms with E-state index in [2.05, 4.69) is 15.4 Å². The maximum absolute atomic E-state index is 13.3. The molecule has 0 radical (unpaired) electrons. The minimum atomic E-state index is -0.367. The largest absolute Gasteiger partial charge is 0.310 e. The molecule has 2 aromatic carbocycles. The molecule has 1 amide bonds. The van der Waals surface area contributed by atoms with Crippen molar-refractivity contribution in [1.29, 1.82) is 0 Å². The fourth-order valence-corrected chi connectivity index (χ4v) is 2.86. The number of hydrogen-bond acceptors (Lipinski definition) is 4. The zero-order valence-electron chi connectivity index (χ0n) is 12.8. The van der Waals surface area contributed by atoms with Crippen LogP contribution in [0.15, 0.2) is 48.5 Å². The van der Waals surface area contributed by atoms with Crippen LogP contribution in [-0.2, 0) is 17.8 Å². The molecule has 24 heavy (non-hydrogen) atoms. The summed E-state index contributed by atoms with van der Waals surface area (Å²) in [4.78, 5) is 15.5. The molecule has 3 aromatic rings. The van der Waals surface area contributed by atoms with Crippen LogP contribution in [0.25, 0.3) is 11.4 Å². The van der Waals surface area contributed by atoms with E-state index in [1.807, 2.05) is 24.3 Å². The summed E-state index contributed by atoms with van der Waals surface area (Å²) >= 11 is 0. The molecule has 0 atom stereocenters. The normalized spacial score (nSPS) is 13.1. The number of anilines is 1. The first-order valence-corrected chi connectivity index (χ1v) is 7.63. The van der Waals surface area contributed by atoms with Gasteiger partial charge in [0.25, 0.3) is 5.91 Å². The number of halogens is 1. The molecule has 0 saturated heterocycles. The summed E-state index contributed by atoms with van der Waals surface area (Å²) in [5.41, 5.74) is 2.63. The highest BCUT2D eigenvalue weighted by molar-refractivity contribution is 5.95. The molecule has 0 unspecified atom stereocenters. The number of para-hydroxylation sites is 1. The molecule has 2 heterocycles. The lowest BCUT2D eigenvalue weighted by Gasteiger charge is -2.16. The molecular weight excluding hydrogens is 309 g/mol. The van der Waals surface area contributed by atoms with Crippen LogP contribution < -0.4 is 4.90 Å². The van der Waals surface area contributed by atoms with Crippen molar-refractivity contribution in [3.63, 3.8) is 0 Å². The van der Waals surface area contributed by atoms with Crippen molar-refractivity contribution in [2.75, 3.05) is 11.4 Å². The van der Waals surface area contributed by atoms with Crippen molar-refractivity contribution >= 4 is 11.6 Å². The Morgan fingerprint density at radius 1 is 1.17 bits per heavy atom. The number of hydrogen-bond donors (Lipinski definition) is 0. The summed E-state index contributed by atoms with van der Waals surface area (Å²) < 4.78 is 13.3. The van der Waals surface area contributed by atoms with E-state index in [-0.39, 0.29) is 18.3 Å². The summed E-state index contributed by atoms with van der Waals surface area (Å²) in [6.07, 6.45) is 0.848. The predicted molar refractivity (Wildman–Crippen MR) is 85.7 cm³/mol. The predicted octanol–water partition coefficient (Wildman–Crippen LogP) is 2.07. The van der Waals surface area contributed by atoms with E-state index >= 15 is 0 Å². The van der Waals surface area contributed by atoms with Crippen molar-refractivity contribution in [3.05, 3.63) is 59.9 Å². The van der Waals surface area contributed by atoms with Crippen LogP contribution in [0.4, 0.5) is 10.1 Å². The standard InChI is InChI=1S/C17H14FN5O/c18-14-6-3-5-13(10-14)17-19-21-23(20-17)11-16(24)22-9-8-12-4-1-2-7-15(12)22/h1-7,10H,8-9,11H2. The number of carbonyl (C=O) groups is 1. The van der Waals surface area contributed by atoms with Crippen LogP contribution in [0.1, 0.15) is 5.56 Å². The van der Waals surface area contributed by atoms with Crippen molar-refractivity contribution in [3.8, 4) is 11.4 Å². The Morgan fingerprint density at radius 2 is 2.04 bits per heavy atom. The minimum Gasteiger partial charge on any atom is -0.310 e. The van der Waals surface area contributed by atoms with Crippen LogP contribution in [0.5, 0.6) is 0 Å². The quantitative estimate of drug-likeness (QED) is 0.740. The van der Waals surface area contributed by atoms with Gasteiger partial charge in [-0.15, -0.1) is 10.2 Å². The molecule has 1 aliphatic heterocycles. The number of carbonyl (C=O) groups excluding carboxylic acids is 1. The van der Waals surface area contributed by atoms with Gasteiger partial charge in [0.05, 0.1) is 0 Å². The van der Waals surface area contributed by atoms with E-state index < -0.39 is 0 Å². The van der Waals surface area contributed by atoms with Gasteiger partial charge in [-0.2, -0.15) is 4.80 Å². The number of amides is 1. The molecule has 6 nitrogen and oxygen atoms in total. The van der Waals surface area contributed by atoms with E-state index in [9.17, 15) is 9.18 Å². The highest BCUT2D eigenvalue weighted by atomic mass is 19.1. The van der Waals surface area contributed by atoms with Gasteiger partial charge in [-0.1, -0.05) is 30.3 Å². The highest BCUT2D eigenvalue weighted by Gasteiger charge is 2.24. The molecular formula is C17H14FN5O. The molecule has 0 aliphatic carbocycles. The molecule has 4 rings (SSSR count). The first-order chi connectivity index (χ1) is 11.7. The van der Waals surface area contributed by atoms with Crippen LogP contribution in [0, 0.1) is 5.82 Å². The van der Waals surface area contributed by atoms with Gasteiger partial charge in [0.2, 0.25) is 5.82 Å². The summed E-state index contributed by atoms with van der Waals surface area (Å²) in [5, 5.41) is 12.0. The monoisotopic (exact) mass is 323 g/mol. The molecule has 120 valence electrons. The fraction of sp³-hybridized carbons (Fsp3) is 0.176. The average molecular weight is 323 g/mol. The van der Waals surface area contributed by atoms with Gasteiger partial charge in [0.1, 0.15) is 12.4 Å². The minimum absolute atomic E-state index is 0.00332. The van der Waals surface area contributed by atoms with Crippen LogP contribution in [0.2, 0.25) is 0 Å². The second-order valence-electron chi connectivity index (χ2n) is 5.58. The topological polar surface area (TPSA) is 63.9 Å². The Morgan fingerprint density at radius 3 is 2.92 bits per heavy atom. The Kier molecular flexibility index (Phi) is 3.53. The molecule has 1 aliphatic rings. The smallest absolute Gasteiger partial charge is 0.250 e. The first kappa shape index (κ1) is 14.5. The van der Waals surface area contributed by atoms with Crippen molar-refractivity contribution < 1.29 is 9.18 Å². The molecule has 0 bridgehead atoms. The van der Waals surface area contributed by atoms with Crippen LogP contribution >= 0.6 is 0 Å².